The summed E-state index contributed by atoms with van der Waals surface area (Å²) in [5, 5.41) is 16.0. The Morgan fingerprint density at radius 1 is 1.09 bits per heavy atom. The van der Waals surface area contributed by atoms with Crippen molar-refractivity contribution in [3.63, 3.8) is 0 Å². The lowest BCUT2D eigenvalue weighted by Crippen LogP contribution is -2.27. The van der Waals surface area contributed by atoms with Gasteiger partial charge in [0.15, 0.2) is 4.99 Å². The fraction of sp³-hybridized carbons (Fsp3) is 0.0667. The first kappa shape index (κ1) is 15.6. The van der Waals surface area contributed by atoms with Gasteiger partial charge in [-0.1, -0.05) is 24.4 Å². The standard InChI is InChI=1S/C15H13N3O3S/c1-10-3-2-4-12(9-10)17-15(22)14(19)16-11-5-7-13(8-6-11)18(20)21/h2-9H,1H3,(H,16,19)(H,17,22). The van der Waals surface area contributed by atoms with Gasteiger partial charge >= 0.3 is 0 Å². The van der Waals surface area contributed by atoms with E-state index in [0.29, 0.717) is 5.69 Å². The van der Waals surface area contributed by atoms with Crippen LogP contribution in [0, 0.1) is 17.0 Å². The average Bonchev–Trinajstić information content (AvgIpc) is 2.47. The van der Waals surface area contributed by atoms with Crippen LogP contribution in [-0.4, -0.2) is 15.8 Å². The van der Waals surface area contributed by atoms with Crippen LogP contribution in [0.2, 0.25) is 0 Å². The molecule has 6 nitrogen and oxygen atoms in total. The fourth-order valence-electron chi connectivity index (χ4n) is 1.77. The normalized spacial score (nSPS) is 9.86. The maximum Gasteiger partial charge on any atom is 0.283 e. The number of anilines is 2. The molecule has 2 aromatic rings. The van der Waals surface area contributed by atoms with Crippen LogP contribution in [0.4, 0.5) is 17.1 Å². The molecule has 0 aliphatic heterocycles. The number of aryl methyl sites for hydroxylation is 1. The number of nitrogens with one attached hydrogen (secondary N) is 2. The number of nitro groups is 1. The zero-order valence-corrected chi connectivity index (χ0v) is 12.5. The molecule has 7 heteroatoms. The van der Waals surface area contributed by atoms with Gasteiger partial charge in [-0.25, -0.2) is 0 Å². The van der Waals surface area contributed by atoms with Gasteiger partial charge in [0.25, 0.3) is 11.6 Å². The van der Waals surface area contributed by atoms with Gasteiger partial charge in [0.05, 0.1) is 4.92 Å². The van der Waals surface area contributed by atoms with Crippen LogP contribution in [0.15, 0.2) is 48.5 Å². The summed E-state index contributed by atoms with van der Waals surface area (Å²) in [7, 11) is 0. The predicted octanol–water partition coefficient (Wildman–Crippen LogP) is 3.28. The monoisotopic (exact) mass is 315 g/mol. The summed E-state index contributed by atoms with van der Waals surface area (Å²) in [5.41, 5.74) is 2.16. The molecule has 0 aliphatic carbocycles. The van der Waals surface area contributed by atoms with Crippen molar-refractivity contribution in [3.05, 3.63) is 64.2 Å². The minimum absolute atomic E-state index is 0.0175. The molecule has 0 aliphatic rings. The number of carbonyl (C=O) groups excluding carboxylic acids is 1. The quantitative estimate of drug-likeness (QED) is 0.516. The van der Waals surface area contributed by atoms with Gasteiger partial charge < -0.3 is 10.6 Å². The lowest BCUT2D eigenvalue weighted by molar-refractivity contribution is -0.384. The molecule has 22 heavy (non-hydrogen) atoms. The molecule has 0 fully saturated rings. The number of hydrogen-bond donors (Lipinski definition) is 2. The predicted molar refractivity (Wildman–Crippen MR) is 89.1 cm³/mol. The molecule has 1 amide bonds. The lowest BCUT2D eigenvalue weighted by Gasteiger charge is -2.09. The lowest BCUT2D eigenvalue weighted by atomic mass is 10.2. The van der Waals surface area contributed by atoms with E-state index in [9.17, 15) is 14.9 Å². The van der Waals surface area contributed by atoms with Gasteiger partial charge in [-0.05, 0) is 36.8 Å². The van der Waals surface area contributed by atoms with Gasteiger partial charge in [0.2, 0.25) is 0 Å². The third-order valence-corrected chi connectivity index (χ3v) is 3.11. The molecule has 0 radical (unpaired) electrons. The van der Waals surface area contributed by atoms with Gasteiger partial charge in [-0.2, -0.15) is 0 Å². The Balaban J connectivity index is 1.99. The number of nitrogens with zero attached hydrogens (tertiary/aromatic N) is 1. The van der Waals surface area contributed by atoms with Gasteiger partial charge in [-0.15, -0.1) is 0 Å². The molecule has 112 valence electrons. The third-order valence-electron chi connectivity index (χ3n) is 2.82. The van der Waals surface area contributed by atoms with Crippen molar-refractivity contribution in [2.75, 3.05) is 10.6 Å². The average molecular weight is 315 g/mol. The van der Waals surface area contributed by atoms with Crippen molar-refractivity contribution in [3.8, 4) is 0 Å². The zero-order valence-electron chi connectivity index (χ0n) is 11.7. The molecule has 0 aromatic heterocycles. The number of hydrogen-bond acceptors (Lipinski definition) is 4. The highest BCUT2D eigenvalue weighted by molar-refractivity contribution is 7.82. The van der Waals surface area contributed by atoms with Gasteiger partial charge in [0.1, 0.15) is 0 Å². The van der Waals surface area contributed by atoms with Crippen LogP contribution >= 0.6 is 12.2 Å². The van der Waals surface area contributed by atoms with Gasteiger partial charge in [-0.3, -0.25) is 14.9 Å². The minimum atomic E-state index is -0.504. The Kier molecular flexibility index (Phi) is 4.80. The van der Waals surface area contributed by atoms with Crippen molar-refractivity contribution in [1.82, 2.24) is 0 Å². The van der Waals surface area contributed by atoms with Crippen LogP contribution in [0.5, 0.6) is 0 Å². The fourth-order valence-corrected chi connectivity index (χ4v) is 1.93. The van der Waals surface area contributed by atoms with Crippen LogP contribution in [0.25, 0.3) is 0 Å². The molecule has 0 heterocycles. The Labute approximate surface area is 132 Å². The van der Waals surface area contributed by atoms with Crippen molar-refractivity contribution in [2.45, 2.75) is 6.92 Å². The first-order valence-corrected chi connectivity index (χ1v) is 6.80. The summed E-state index contributed by atoms with van der Waals surface area (Å²) in [6, 6.07) is 13.0. The summed E-state index contributed by atoms with van der Waals surface area (Å²) in [6.07, 6.45) is 0. The third kappa shape index (κ3) is 4.10. The van der Waals surface area contributed by atoms with Crippen LogP contribution < -0.4 is 10.6 Å². The van der Waals surface area contributed by atoms with Crippen molar-refractivity contribution >= 4 is 40.2 Å². The second kappa shape index (κ2) is 6.77. The molecule has 0 saturated heterocycles. The van der Waals surface area contributed by atoms with Crippen molar-refractivity contribution in [2.24, 2.45) is 0 Å². The van der Waals surface area contributed by atoms with E-state index in [2.05, 4.69) is 10.6 Å². The summed E-state index contributed by atoms with van der Waals surface area (Å²) in [6.45, 7) is 1.94. The van der Waals surface area contributed by atoms with E-state index in [4.69, 9.17) is 12.2 Å². The Hall–Kier alpha value is -2.80. The van der Waals surface area contributed by atoms with E-state index in [1.807, 2.05) is 25.1 Å². The Morgan fingerprint density at radius 2 is 1.77 bits per heavy atom. The molecule has 0 bridgehead atoms. The maximum atomic E-state index is 12.0. The Bertz CT molecular complexity index is 729. The summed E-state index contributed by atoms with van der Waals surface area (Å²) in [5.74, 6) is -0.481. The number of nitro benzene ring substituents is 1. The zero-order chi connectivity index (χ0) is 16.1. The number of rotatable bonds is 3. The SMILES string of the molecule is Cc1cccc(NC(=S)C(=O)Nc2ccc([N+](=O)[O-])cc2)c1. The largest absolute Gasteiger partial charge is 0.342 e. The molecule has 0 unspecified atom stereocenters. The molecular formula is C15H13N3O3S. The summed E-state index contributed by atoms with van der Waals surface area (Å²) in [4.78, 5) is 22.0. The van der Waals surface area contributed by atoms with E-state index < -0.39 is 10.8 Å². The smallest absolute Gasteiger partial charge is 0.283 e. The summed E-state index contributed by atoms with van der Waals surface area (Å²) < 4.78 is 0. The molecule has 0 atom stereocenters. The van der Waals surface area contributed by atoms with Crippen molar-refractivity contribution < 1.29 is 9.72 Å². The minimum Gasteiger partial charge on any atom is -0.342 e. The van der Waals surface area contributed by atoms with Crippen LogP contribution in [0.3, 0.4) is 0 Å². The second-order valence-corrected chi connectivity index (χ2v) is 4.99. The highest BCUT2D eigenvalue weighted by Crippen LogP contribution is 2.15. The van der Waals surface area contributed by atoms with E-state index in [1.165, 1.54) is 24.3 Å². The first-order valence-electron chi connectivity index (χ1n) is 6.39. The van der Waals surface area contributed by atoms with E-state index in [1.54, 1.807) is 6.07 Å². The first-order chi connectivity index (χ1) is 10.5. The molecule has 0 spiro atoms. The van der Waals surface area contributed by atoms with E-state index in [-0.39, 0.29) is 10.7 Å². The second-order valence-electron chi connectivity index (χ2n) is 4.58. The van der Waals surface area contributed by atoms with Crippen LogP contribution in [-0.2, 0) is 4.79 Å². The van der Waals surface area contributed by atoms with Crippen molar-refractivity contribution in [1.29, 1.82) is 0 Å². The number of benzene rings is 2. The number of thiocarbonyl (C=S) groups is 1. The molecule has 2 rings (SSSR count). The summed E-state index contributed by atoms with van der Waals surface area (Å²) >= 11 is 5.04. The number of amides is 1. The Morgan fingerprint density at radius 3 is 2.36 bits per heavy atom. The number of non-ortho nitro benzene ring substituents is 1. The molecule has 0 saturated carbocycles. The number of carbonyl (C=O) groups is 1. The molecule has 2 aromatic carbocycles. The molecule has 2 N–H and O–H groups in total. The highest BCUT2D eigenvalue weighted by Gasteiger charge is 2.11. The van der Waals surface area contributed by atoms with E-state index >= 15 is 0 Å². The highest BCUT2D eigenvalue weighted by atomic mass is 32.1. The maximum absolute atomic E-state index is 12.0. The van der Waals surface area contributed by atoms with Gasteiger partial charge in [0, 0.05) is 23.5 Å². The molecular weight excluding hydrogens is 302 g/mol. The van der Waals surface area contributed by atoms with E-state index in [0.717, 1.165) is 11.3 Å². The topological polar surface area (TPSA) is 84.3 Å². The van der Waals surface area contributed by atoms with Crippen LogP contribution in [0.1, 0.15) is 5.56 Å².